The van der Waals surface area contributed by atoms with Crippen LogP contribution in [-0.2, 0) is 4.79 Å². The number of amides is 1. The number of carbonyl (C=O) groups is 2. The monoisotopic (exact) mass is 373 g/mol. The van der Waals surface area contributed by atoms with E-state index in [9.17, 15) is 9.59 Å². The molecular weight excluding hydrogens is 354 g/mol. The molecule has 3 heterocycles. The number of carbonyl (C=O) groups excluding carboxylic acids is 2. The van der Waals surface area contributed by atoms with Crippen molar-refractivity contribution in [1.82, 2.24) is 19.3 Å². The summed E-state index contributed by atoms with van der Waals surface area (Å²) in [7, 11) is 0. The summed E-state index contributed by atoms with van der Waals surface area (Å²) >= 11 is 0. The Bertz CT molecular complexity index is 1120. The molecule has 1 atom stereocenters. The molecule has 4 rings (SSSR count). The summed E-state index contributed by atoms with van der Waals surface area (Å²) in [5.74, 6) is 6.21. The highest BCUT2D eigenvalue weighted by Crippen LogP contribution is 2.36. The Hall–Kier alpha value is -3.66. The fourth-order valence-electron chi connectivity index (χ4n) is 3.70. The number of imidazole rings is 1. The minimum atomic E-state index is -0.194. The van der Waals surface area contributed by atoms with Crippen molar-refractivity contribution in [3.8, 4) is 23.1 Å². The predicted octanol–water partition coefficient (Wildman–Crippen LogP) is 2.48. The van der Waals surface area contributed by atoms with Crippen LogP contribution in [0.15, 0.2) is 36.7 Å². The zero-order chi connectivity index (χ0) is 19.7. The molecule has 0 saturated carbocycles. The number of aromatic nitrogens is 3. The Morgan fingerprint density at radius 3 is 2.82 bits per heavy atom. The van der Waals surface area contributed by atoms with Gasteiger partial charge in [0.15, 0.2) is 0 Å². The van der Waals surface area contributed by atoms with Gasteiger partial charge in [0.1, 0.15) is 29.1 Å². The van der Waals surface area contributed by atoms with Gasteiger partial charge in [-0.25, -0.2) is 9.97 Å². The van der Waals surface area contributed by atoms with Gasteiger partial charge in [-0.2, -0.15) is 0 Å². The number of hydrogen-bond donors (Lipinski definition) is 1. The predicted molar refractivity (Wildman–Crippen MR) is 105 cm³/mol. The maximum atomic E-state index is 12.4. The maximum Gasteiger partial charge on any atom is 0.299 e. The first-order valence-corrected chi connectivity index (χ1v) is 9.05. The highest BCUT2D eigenvalue weighted by atomic mass is 16.2. The molecule has 28 heavy (non-hydrogen) atoms. The Morgan fingerprint density at radius 2 is 2.11 bits per heavy atom. The number of aldehydes is 1. The zero-order valence-corrected chi connectivity index (χ0v) is 15.4. The van der Waals surface area contributed by atoms with Crippen LogP contribution in [-0.4, -0.2) is 38.0 Å². The Kier molecular flexibility index (Phi) is 4.53. The quantitative estimate of drug-likeness (QED) is 0.562. The number of benzene rings is 1. The summed E-state index contributed by atoms with van der Waals surface area (Å²) in [6.07, 6.45) is 5.93. The number of likely N-dealkylation sites (tertiary alicyclic amines) is 1. The smallest absolute Gasteiger partial charge is 0.299 e. The third kappa shape index (κ3) is 2.89. The maximum absolute atomic E-state index is 12.4. The molecule has 0 bridgehead atoms. The lowest BCUT2D eigenvalue weighted by Crippen LogP contribution is -2.30. The molecule has 1 saturated heterocycles. The Labute approximate surface area is 162 Å². The molecule has 0 spiro atoms. The Morgan fingerprint density at radius 1 is 1.32 bits per heavy atom. The summed E-state index contributed by atoms with van der Waals surface area (Å²) in [5.41, 5.74) is 8.96. The Balaban J connectivity index is 1.88. The van der Waals surface area contributed by atoms with Crippen LogP contribution >= 0.6 is 0 Å². The SMILES string of the molecule is CC#CC(=O)N1CCC[C@H]1c1nc(-c2ccc(C=O)cc2)c2c(N)nccn12. The fraction of sp³-hybridized carbons (Fsp3) is 0.238. The van der Waals surface area contributed by atoms with Crippen molar-refractivity contribution in [2.24, 2.45) is 0 Å². The summed E-state index contributed by atoms with van der Waals surface area (Å²) in [5, 5.41) is 0. The van der Waals surface area contributed by atoms with Gasteiger partial charge in [0, 0.05) is 30.1 Å². The van der Waals surface area contributed by atoms with Gasteiger partial charge < -0.3 is 10.6 Å². The van der Waals surface area contributed by atoms with E-state index in [4.69, 9.17) is 10.7 Å². The average Bonchev–Trinajstić information content (AvgIpc) is 3.33. The molecule has 7 nitrogen and oxygen atoms in total. The van der Waals surface area contributed by atoms with Crippen molar-refractivity contribution < 1.29 is 9.59 Å². The van der Waals surface area contributed by atoms with Gasteiger partial charge in [-0.3, -0.25) is 14.0 Å². The van der Waals surface area contributed by atoms with E-state index in [2.05, 4.69) is 16.8 Å². The number of fused-ring (bicyclic) bond motifs is 1. The molecule has 140 valence electrons. The first kappa shape index (κ1) is 17.7. The molecule has 1 amide bonds. The van der Waals surface area contributed by atoms with Crippen LogP contribution in [0, 0.1) is 11.8 Å². The average molecular weight is 373 g/mol. The molecule has 2 aromatic heterocycles. The lowest BCUT2D eigenvalue weighted by molar-refractivity contribution is -0.126. The zero-order valence-electron chi connectivity index (χ0n) is 15.4. The van der Waals surface area contributed by atoms with E-state index >= 15 is 0 Å². The van der Waals surface area contributed by atoms with Crippen LogP contribution in [0.25, 0.3) is 16.8 Å². The van der Waals surface area contributed by atoms with E-state index in [0.717, 1.165) is 30.5 Å². The molecular formula is C21H19N5O2. The first-order chi connectivity index (χ1) is 13.6. The van der Waals surface area contributed by atoms with E-state index in [1.165, 1.54) is 0 Å². The van der Waals surface area contributed by atoms with Crippen molar-refractivity contribution in [3.63, 3.8) is 0 Å². The fourth-order valence-corrected chi connectivity index (χ4v) is 3.70. The molecule has 3 aromatic rings. The number of rotatable bonds is 3. The number of nitrogens with two attached hydrogens (primary N) is 1. The van der Waals surface area contributed by atoms with Gasteiger partial charge >= 0.3 is 0 Å². The van der Waals surface area contributed by atoms with E-state index in [1.807, 2.05) is 22.7 Å². The summed E-state index contributed by atoms with van der Waals surface area (Å²) in [6.45, 7) is 2.30. The largest absolute Gasteiger partial charge is 0.382 e. The minimum absolute atomic E-state index is 0.175. The highest BCUT2D eigenvalue weighted by molar-refractivity contribution is 5.94. The highest BCUT2D eigenvalue weighted by Gasteiger charge is 2.33. The number of nitrogen functional groups attached to an aromatic ring is 1. The van der Waals surface area contributed by atoms with E-state index in [1.54, 1.807) is 30.2 Å². The minimum Gasteiger partial charge on any atom is -0.382 e. The van der Waals surface area contributed by atoms with Crippen molar-refractivity contribution in [1.29, 1.82) is 0 Å². The molecule has 1 aromatic carbocycles. The lowest BCUT2D eigenvalue weighted by Gasteiger charge is -2.21. The second-order valence-electron chi connectivity index (χ2n) is 6.62. The molecule has 1 fully saturated rings. The lowest BCUT2D eigenvalue weighted by atomic mass is 10.1. The second-order valence-corrected chi connectivity index (χ2v) is 6.62. The van der Waals surface area contributed by atoms with Crippen LogP contribution in [0.4, 0.5) is 5.82 Å². The normalized spacial score (nSPS) is 16.0. The molecule has 2 N–H and O–H groups in total. The summed E-state index contributed by atoms with van der Waals surface area (Å²) < 4.78 is 1.90. The van der Waals surface area contributed by atoms with Gasteiger partial charge in [0.25, 0.3) is 5.91 Å². The third-order valence-electron chi connectivity index (χ3n) is 4.97. The number of nitrogens with zero attached hydrogens (tertiary/aromatic N) is 4. The molecule has 1 aliphatic heterocycles. The molecule has 0 unspecified atom stereocenters. The van der Waals surface area contributed by atoms with Crippen LogP contribution in [0.5, 0.6) is 0 Å². The number of hydrogen-bond acceptors (Lipinski definition) is 5. The standard InChI is InChI=1S/C21H19N5O2/c1-2-4-17(28)25-11-3-5-16(25)21-24-18(15-8-6-14(13-27)7-9-15)19-20(22)23-10-12-26(19)21/h6-10,12-13,16H,3,5,11H2,1H3,(H2,22,23)/t16-/m0/s1. The van der Waals surface area contributed by atoms with Crippen LogP contribution in [0.1, 0.15) is 42.0 Å². The van der Waals surface area contributed by atoms with Crippen LogP contribution in [0.3, 0.4) is 0 Å². The topological polar surface area (TPSA) is 93.6 Å². The van der Waals surface area contributed by atoms with Crippen molar-refractivity contribution in [2.75, 3.05) is 12.3 Å². The first-order valence-electron chi connectivity index (χ1n) is 9.05. The van der Waals surface area contributed by atoms with Gasteiger partial charge in [-0.15, -0.1) is 0 Å². The van der Waals surface area contributed by atoms with Gasteiger partial charge in [-0.1, -0.05) is 30.2 Å². The molecule has 1 aliphatic rings. The second kappa shape index (κ2) is 7.16. The molecule has 0 radical (unpaired) electrons. The number of anilines is 1. The van der Waals surface area contributed by atoms with Crippen molar-refractivity contribution in [2.45, 2.75) is 25.8 Å². The van der Waals surface area contributed by atoms with Gasteiger partial charge in [-0.05, 0) is 25.7 Å². The summed E-state index contributed by atoms with van der Waals surface area (Å²) in [6, 6.07) is 6.97. The van der Waals surface area contributed by atoms with Gasteiger partial charge in [0.2, 0.25) is 0 Å². The van der Waals surface area contributed by atoms with E-state index in [-0.39, 0.29) is 11.9 Å². The van der Waals surface area contributed by atoms with Crippen LogP contribution < -0.4 is 5.73 Å². The van der Waals surface area contributed by atoms with Gasteiger partial charge in [0.05, 0.1) is 6.04 Å². The van der Waals surface area contributed by atoms with Crippen LogP contribution in [0.2, 0.25) is 0 Å². The van der Waals surface area contributed by atoms with E-state index < -0.39 is 0 Å². The van der Waals surface area contributed by atoms with Crippen molar-refractivity contribution in [3.05, 3.63) is 48.0 Å². The van der Waals surface area contributed by atoms with E-state index in [0.29, 0.717) is 29.1 Å². The summed E-state index contributed by atoms with van der Waals surface area (Å²) in [4.78, 5) is 34.2. The molecule has 7 heteroatoms. The third-order valence-corrected chi connectivity index (χ3v) is 4.97. The van der Waals surface area contributed by atoms with Crippen molar-refractivity contribution >= 4 is 23.5 Å². The molecule has 0 aliphatic carbocycles.